The van der Waals surface area contributed by atoms with Gasteiger partial charge in [0.15, 0.2) is 0 Å². The van der Waals surface area contributed by atoms with E-state index in [2.05, 4.69) is 50.8 Å². The fourth-order valence-electron chi connectivity index (χ4n) is 2.10. The molecule has 0 radical (unpaired) electrons. The second-order valence-electron chi connectivity index (χ2n) is 5.77. The zero-order chi connectivity index (χ0) is 15.2. The van der Waals surface area contributed by atoms with Crippen molar-refractivity contribution in [3.8, 4) is 0 Å². The molecule has 2 nitrogen and oxygen atoms in total. The van der Waals surface area contributed by atoms with Crippen LogP contribution < -0.4 is 0 Å². The van der Waals surface area contributed by atoms with Gasteiger partial charge in [-0.1, -0.05) is 56.8 Å². The molecule has 2 N–H and O–H groups in total. The Hall–Kier alpha value is -1.96. The van der Waals surface area contributed by atoms with Gasteiger partial charge in [0.05, 0.1) is 5.76 Å². The molecule has 0 aliphatic heterocycles. The lowest BCUT2D eigenvalue weighted by molar-refractivity contribution is 0.393. The van der Waals surface area contributed by atoms with Crippen LogP contribution in [0.4, 0.5) is 0 Å². The van der Waals surface area contributed by atoms with E-state index in [1.165, 1.54) is 37.1 Å². The summed E-state index contributed by atoms with van der Waals surface area (Å²) >= 11 is 0. The van der Waals surface area contributed by atoms with E-state index in [-0.39, 0.29) is 11.5 Å². The lowest BCUT2D eigenvalue weighted by Gasteiger charge is -2.01. The molecule has 1 aromatic carbocycles. The Morgan fingerprint density at radius 1 is 1.25 bits per heavy atom. The van der Waals surface area contributed by atoms with Gasteiger partial charge in [0.1, 0.15) is 5.76 Å². The Bertz CT molecular complexity index is 491. The first-order chi connectivity index (χ1) is 9.36. The van der Waals surface area contributed by atoms with Crippen molar-refractivity contribution in [3.05, 3.63) is 72.2 Å². The number of hydrogen-bond donors (Lipinski definition) is 2. The molecule has 1 saturated carbocycles. The number of aliphatic hydroxyl groups excluding tert-OH is 2. The summed E-state index contributed by atoms with van der Waals surface area (Å²) in [4.78, 5) is 0. The van der Waals surface area contributed by atoms with Crippen molar-refractivity contribution >= 4 is 0 Å². The summed E-state index contributed by atoms with van der Waals surface area (Å²) in [6.07, 6.45) is 5.42. The van der Waals surface area contributed by atoms with E-state index in [4.69, 9.17) is 10.2 Å². The number of benzene rings is 1. The highest BCUT2D eigenvalue weighted by molar-refractivity contribution is 5.28. The maximum absolute atomic E-state index is 8.77. The average Bonchev–Trinajstić information content (AvgIpc) is 3.00. The van der Waals surface area contributed by atoms with Crippen molar-refractivity contribution in [2.24, 2.45) is 5.41 Å². The maximum Gasteiger partial charge on any atom is 0.118 e. The molecule has 0 aromatic heterocycles. The van der Waals surface area contributed by atoms with Crippen molar-refractivity contribution in [3.63, 3.8) is 0 Å². The molecule has 1 atom stereocenters. The average molecular weight is 272 g/mol. The van der Waals surface area contributed by atoms with E-state index in [9.17, 15) is 0 Å². The molecular formula is C18H24O2. The molecule has 1 aliphatic rings. The predicted octanol–water partition coefficient (Wildman–Crippen LogP) is 5.28. The van der Waals surface area contributed by atoms with Gasteiger partial charge in [0.25, 0.3) is 0 Å². The van der Waals surface area contributed by atoms with Crippen molar-refractivity contribution in [1.82, 2.24) is 0 Å². The van der Waals surface area contributed by atoms with Gasteiger partial charge >= 0.3 is 0 Å². The highest BCUT2D eigenvalue weighted by atomic mass is 16.3. The molecule has 1 unspecified atom stereocenters. The van der Waals surface area contributed by atoms with Crippen LogP contribution in [-0.4, -0.2) is 10.2 Å². The summed E-state index contributed by atoms with van der Waals surface area (Å²) in [5, 5.41) is 17.3. The summed E-state index contributed by atoms with van der Waals surface area (Å²) < 4.78 is 0. The summed E-state index contributed by atoms with van der Waals surface area (Å²) in [5.41, 5.74) is 2.08. The van der Waals surface area contributed by atoms with Crippen LogP contribution in [0.25, 0.3) is 0 Å². The standard InChI is InChI=1S/C11H14.C7H10O2/c1-11(2)8-10(11)9-6-4-3-5-7-9;1-3-4-7(9)5-6(2)8/h3-7,10H,8H2,1-2H3;3-5,8-9H,1H2,2H3/b;6-5+,7-4+. The molecule has 0 spiro atoms. The smallest absolute Gasteiger partial charge is 0.118 e. The Labute approximate surface area is 121 Å². The molecule has 2 heteroatoms. The third-order valence-electron chi connectivity index (χ3n) is 3.36. The van der Waals surface area contributed by atoms with Crippen LogP contribution in [0.3, 0.4) is 0 Å². The monoisotopic (exact) mass is 272 g/mol. The van der Waals surface area contributed by atoms with E-state index in [0.717, 1.165) is 5.92 Å². The summed E-state index contributed by atoms with van der Waals surface area (Å²) in [7, 11) is 0. The second kappa shape index (κ2) is 6.99. The normalized spacial score (nSPS) is 20.6. The van der Waals surface area contributed by atoms with Crippen molar-refractivity contribution in [2.75, 3.05) is 0 Å². The van der Waals surface area contributed by atoms with Crippen molar-refractivity contribution in [2.45, 2.75) is 33.1 Å². The molecule has 1 fully saturated rings. The highest BCUT2D eigenvalue weighted by Crippen LogP contribution is 2.58. The predicted molar refractivity (Wildman–Crippen MR) is 84.9 cm³/mol. The van der Waals surface area contributed by atoms with E-state index in [1.807, 2.05) is 0 Å². The van der Waals surface area contributed by atoms with E-state index in [1.54, 1.807) is 0 Å². The zero-order valence-electron chi connectivity index (χ0n) is 12.5. The van der Waals surface area contributed by atoms with Gasteiger partial charge in [-0.2, -0.15) is 0 Å². The second-order valence-corrected chi connectivity index (χ2v) is 5.77. The van der Waals surface area contributed by atoms with Gasteiger partial charge in [-0.3, -0.25) is 0 Å². The largest absolute Gasteiger partial charge is 0.512 e. The third-order valence-corrected chi connectivity index (χ3v) is 3.36. The number of hydrogen-bond acceptors (Lipinski definition) is 2. The molecule has 1 aliphatic carbocycles. The van der Waals surface area contributed by atoms with Crippen molar-refractivity contribution in [1.29, 1.82) is 0 Å². The molecule has 20 heavy (non-hydrogen) atoms. The zero-order valence-corrected chi connectivity index (χ0v) is 12.5. The van der Waals surface area contributed by atoms with E-state index in [0.29, 0.717) is 5.41 Å². The Morgan fingerprint density at radius 2 is 1.80 bits per heavy atom. The lowest BCUT2D eigenvalue weighted by Crippen LogP contribution is -1.88. The molecule has 0 bridgehead atoms. The number of aliphatic hydroxyl groups is 2. The van der Waals surface area contributed by atoms with Crippen LogP contribution in [0.2, 0.25) is 0 Å². The van der Waals surface area contributed by atoms with Crippen LogP contribution in [0.15, 0.2) is 66.7 Å². The fraction of sp³-hybridized carbons (Fsp3) is 0.333. The summed E-state index contributed by atoms with van der Waals surface area (Å²) in [5.74, 6) is 0.902. The third kappa shape index (κ3) is 5.35. The Morgan fingerprint density at radius 3 is 2.20 bits per heavy atom. The van der Waals surface area contributed by atoms with E-state index >= 15 is 0 Å². The number of allylic oxidation sites excluding steroid dienone is 4. The molecule has 0 saturated heterocycles. The van der Waals surface area contributed by atoms with E-state index < -0.39 is 0 Å². The van der Waals surface area contributed by atoms with Gasteiger partial charge in [-0.05, 0) is 36.3 Å². The van der Waals surface area contributed by atoms with Crippen molar-refractivity contribution < 1.29 is 10.2 Å². The van der Waals surface area contributed by atoms with Gasteiger partial charge in [0.2, 0.25) is 0 Å². The first-order valence-electron chi connectivity index (χ1n) is 6.80. The van der Waals surface area contributed by atoms with Gasteiger partial charge in [-0.25, -0.2) is 0 Å². The quantitative estimate of drug-likeness (QED) is 0.581. The minimum atomic E-state index is 0.00463. The Balaban J connectivity index is 0.000000206. The molecule has 0 amide bonds. The number of rotatable bonds is 3. The van der Waals surface area contributed by atoms with Crippen LogP contribution >= 0.6 is 0 Å². The first kappa shape index (κ1) is 16.1. The Kier molecular flexibility index (Phi) is 5.63. The fourth-order valence-corrected chi connectivity index (χ4v) is 2.10. The van der Waals surface area contributed by atoms with Gasteiger partial charge < -0.3 is 10.2 Å². The minimum Gasteiger partial charge on any atom is -0.512 e. The summed E-state index contributed by atoms with van der Waals surface area (Å²) in [6, 6.07) is 10.8. The minimum absolute atomic E-state index is 0.00463. The SMILES string of the molecule is C=C/C=C(O)\C=C(/C)O.CC1(C)CC1c1ccccc1. The van der Waals surface area contributed by atoms with Gasteiger partial charge in [0, 0.05) is 6.08 Å². The molecule has 108 valence electrons. The van der Waals surface area contributed by atoms with Crippen LogP contribution in [0.5, 0.6) is 0 Å². The van der Waals surface area contributed by atoms with Crippen LogP contribution in [0.1, 0.15) is 38.7 Å². The maximum atomic E-state index is 8.77. The summed E-state index contributed by atoms with van der Waals surface area (Å²) in [6.45, 7) is 9.52. The molecule has 2 rings (SSSR count). The topological polar surface area (TPSA) is 40.5 Å². The first-order valence-corrected chi connectivity index (χ1v) is 6.80. The van der Waals surface area contributed by atoms with Gasteiger partial charge in [-0.15, -0.1) is 0 Å². The molecule has 0 heterocycles. The molecular weight excluding hydrogens is 248 g/mol. The van der Waals surface area contributed by atoms with Crippen LogP contribution in [0, 0.1) is 5.41 Å². The van der Waals surface area contributed by atoms with Crippen LogP contribution in [-0.2, 0) is 0 Å². The lowest BCUT2D eigenvalue weighted by atomic mass is 10.0. The highest BCUT2D eigenvalue weighted by Gasteiger charge is 2.46. The molecule has 1 aromatic rings.